The van der Waals surface area contributed by atoms with Gasteiger partial charge in [0.25, 0.3) is 0 Å². The highest BCUT2D eigenvalue weighted by molar-refractivity contribution is 8.16. The van der Waals surface area contributed by atoms with Crippen LogP contribution in [0.1, 0.15) is 101 Å². The predicted molar refractivity (Wildman–Crippen MR) is 172 cm³/mol. The van der Waals surface area contributed by atoms with Gasteiger partial charge in [0.1, 0.15) is 0 Å². The van der Waals surface area contributed by atoms with Crippen molar-refractivity contribution in [2.45, 2.75) is 106 Å². The minimum Gasteiger partial charge on any atom is -0.333 e. The number of rotatable bonds is 6. The number of hydrogen-bond donors (Lipinski definition) is 1. The summed E-state index contributed by atoms with van der Waals surface area (Å²) in [4.78, 5) is 0. The first-order valence-corrected chi connectivity index (χ1v) is 16.4. The molecule has 0 saturated carbocycles. The largest absolute Gasteiger partial charge is 0.333 e. The van der Waals surface area contributed by atoms with Gasteiger partial charge in [0.05, 0.1) is 6.61 Å². The fraction of sp³-hybridized carbons (Fsp3) is 0.471. The maximum atomic E-state index is 6.85. The first-order chi connectivity index (χ1) is 17.3. The molecule has 38 heavy (non-hydrogen) atoms. The van der Waals surface area contributed by atoms with Crippen LogP contribution in [0.4, 0.5) is 5.69 Å². The van der Waals surface area contributed by atoms with Crippen molar-refractivity contribution in [3.63, 3.8) is 0 Å². The van der Waals surface area contributed by atoms with E-state index in [1.807, 2.05) is 6.07 Å². The molecule has 0 aliphatic carbocycles. The van der Waals surface area contributed by atoms with Crippen LogP contribution >= 0.6 is 6.42 Å². The molecule has 1 unspecified atom stereocenters. The van der Waals surface area contributed by atoms with Crippen LogP contribution in [0.3, 0.4) is 0 Å². The van der Waals surface area contributed by atoms with E-state index in [-0.39, 0.29) is 16.2 Å². The minimum atomic E-state index is -2.72. The van der Waals surface area contributed by atoms with E-state index in [0.717, 1.165) is 16.6 Å². The van der Waals surface area contributed by atoms with Crippen molar-refractivity contribution in [1.29, 1.82) is 0 Å². The van der Waals surface area contributed by atoms with Gasteiger partial charge < -0.3 is 9.61 Å². The van der Waals surface area contributed by atoms with Crippen LogP contribution in [0, 0.1) is 20.8 Å². The summed E-state index contributed by atoms with van der Waals surface area (Å²) in [5, 5.41) is 5.11. The summed E-state index contributed by atoms with van der Waals surface area (Å²) in [6, 6.07) is 19.6. The summed E-state index contributed by atoms with van der Waals surface area (Å²) in [5.41, 5.74) is 9.67. The second kappa shape index (κ2) is 10.9. The number of hydrogen-bond acceptors (Lipinski definition) is 2. The highest BCUT2D eigenvalue weighted by atomic mass is 32.4. The van der Waals surface area contributed by atoms with Crippen molar-refractivity contribution in [2.75, 3.05) is 5.09 Å². The molecule has 0 aliphatic heterocycles. The lowest BCUT2D eigenvalue weighted by Crippen LogP contribution is -2.26. The van der Waals surface area contributed by atoms with Crippen molar-refractivity contribution in [2.24, 2.45) is 0 Å². The average Bonchev–Trinajstić information content (AvgIpc) is 2.75. The first-order valence-electron chi connectivity index (χ1n) is 13.7. The molecule has 0 heterocycles. The molecule has 0 bridgehead atoms. The third-order valence-corrected chi connectivity index (χ3v) is 10.5. The van der Waals surface area contributed by atoms with E-state index in [9.17, 15) is 0 Å². The van der Waals surface area contributed by atoms with Crippen LogP contribution < -0.4 is 10.4 Å². The number of benzene rings is 3. The number of anilines is 1. The SMILES string of the molecule is Cc1cc(C)c(P(=S)(Nc2c(C(C)(C)C)cc(C(C)(C)C)cc2C(C)(C)C)OCc2ccccc2)c(C)c1. The van der Waals surface area contributed by atoms with Crippen LogP contribution in [-0.4, -0.2) is 0 Å². The lowest BCUT2D eigenvalue weighted by molar-refractivity contribution is 0.346. The highest BCUT2D eigenvalue weighted by Crippen LogP contribution is 2.53. The summed E-state index contributed by atoms with van der Waals surface area (Å²) in [5.74, 6) is 0. The molecule has 0 spiro atoms. The Labute approximate surface area is 237 Å². The van der Waals surface area contributed by atoms with Gasteiger partial charge in [-0.1, -0.05) is 122 Å². The van der Waals surface area contributed by atoms with Crippen LogP contribution in [0.5, 0.6) is 0 Å². The molecule has 4 heteroatoms. The lowest BCUT2D eigenvalue weighted by Gasteiger charge is -2.37. The third-order valence-electron chi connectivity index (χ3n) is 7.07. The zero-order chi connectivity index (χ0) is 28.7. The highest BCUT2D eigenvalue weighted by Gasteiger charge is 2.33. The Bertz CT molecular complexity index is 1280. The summed E-state index contributed by atoms with van der Waals surface area (Å²) < 4.78 is 6.85. The van der Waals surface area contributed by atoms with Crippen LogP contribution in [-0.2, 0) is 39.2 Å². The van der Waals surface area contributed by atoms with E-state index in [1.54, 1.807) is 0 Å². The van der Waals surface area contributed by atoms with E-state index in [4.69, 9.17) is 16.3 Å². The third kappa shape index (κ3) is 6.98. The van der Waals surface area contributed by atoms with Crippen LogP contribution in [0.15, 0.2) is 54.6 Å². The smallest absolute Gasteiger partial charge is 0.184 e. The maximum absolute atomic E-state index is 6.85. The molecular formula is C34H48NOPS. The fourth-order valence-electron chi connectivity index (χ4n) is 5.05. The number of aryl methyl sites for hydroxylation is 3. The monoisotopic (exact) mass is 549 g/mol. The molecule has 3 aromatic rings. The Morgan fingerprint density at radius 1 is 0.711 bits per heavy atom. The standard InChI is InChI=1S/C34H48NOPS/c1-23-18-24(2)31(25(3)19-23)37(38,36-22-26-16-14-13-15-17-26)35-30-28(33(7,8)9)20-27(32(4,5)6)21-29(30)34(10,11)12/h13-21H,22H2,1-12H3,(H,35,38). The maximum Gasteiger partial charge on any atom is 0.184 e. The quantitative estimate of drug-likeness (QED) is 0.309. The fourth-order valence-corrected chi connectivity index (χ4v) is 8.58. The summed E-state index contributed by atoms with van der Waals surface area (Å²) in [7, 11) is 0. The molecule has 0 saturated heterocycles. The minimum absolute atomic E-state index is 0.0344. The first kappa shape index (κ1) is 30.6. The van der Waals surface area contributed by atoms with E-state index < -0.39 is 6.42 Å². The molecule has 0 amide bonds. The van der Waals surface area contributed by atoms with E-state index in [1.165, 1.54) is 33.4 Å². The molecule has 0 aliphatic rings. The summed E-state index contributed by atoms with van der Waals surface area (Å²) >= 11 is 6.62. The second-order valence-electron chi connectivity index (χ2n) is 13.9. The normalized spacial score (nSPS) is 14.3. The van der Waals surface area contributed by atoms with Gasteiger partial charge in [-0.2, -0.15) is 0 Å². The zero-order valence-electron chi connectivity index (χ0n) is 25.7. The molecule has 206 valence electrons. The Morgan fingerprint density at radius 3 is 1.61 bits per heavy atom. The van der Waals surface area contributed by atoms with Gasteiger partial charge in [-0.3, -0.25) is 0 Å². The van der Waals surface area contributed by atoms with Crippen LogP contribution in [0.2, 0.25) is 0 Å². The van der Waals surface area contributed by atoms with Gasteiger partial charge in [-0.15, -0.1) is 0 Å². The van der Waals surface area contributed by atoms with Crippen LogP contribution in [0.25, 0.3) is 0 Å². The van der Waals surface area contributed by atoms with Gasteiger partial charge in [-0.05, 0) is 82.2 Å². The second-order valence-corrected chi connectivity index (χ2v) is 17.4. The molecule has 3 aromatic carbocycles. The Kier molecular flexibility index (Phi) is 8.79. The van der Waals surface area contributed by atoms with Crippen molar-refractivity contribution in [3.05, 3.63) is 93.5 Å². The average molecular weight is 550 g/mol. The zero-order valence-corrected chi connectivity index (χ0v) is 27.4. The number of nitrogens with one attached hydrogen (secondary N) is 1. The molecule has 1 N–H and O–H groups in total. The van der Waals surface area contributed by atoms with Gasteiger partial charge >= 0.3 is 0 Å². The molecule has 2 nitrogen and oxygen atoms in total. The molecule has 1 atom stereocenters. The van der Waals surface area contributed by atoms with E-state index in [0.29, 0.717) is 6.61 Å². The lowest BCUT2D eigenvalue weighted by atomic mass is 9.74. The Hall–Kier alpha value is -1.93. The predicted octanol–water partition coefficient (Wildman–Crippen LogP) is 9.77. The summed E-state index contributed by atoms with van der Waals surface area (Å²) in [6.45, 7) is 27.6. The van der Waals surface area contributed by atoms with E-state index in [2.05, 4.69) is 137 Å². The Morgan fingerprint density at radius 2 is 1.18 bits per heavy atom. The van der Waals surface area contributed by atoms with Gasteiger partial charge in [0.2, 0.25) is 0 Å². The molecule has 0 fully saturated rings. The topological polar surface area (TPSA) is 21.3 Å². The molecular weight excluding hydrogens is 501 g/mol. The van der Waals surface area contributed by atoms with Crippen molar-refractivity contribution in [3.8, 4) is 0 Å². The molecule has 0 aromatic heterocycles. The van der Waals surface area contributed by atoms with Gasteiger partial charge in [0, 0.05) is 11.0 Å². The summed E-state index contributed by atoms with van der Waals surface area (Å²) in [6.07, 6.45) is -2.72. The van der Waals surface area contributed by atoms with E-state index >= 15 is 0 Å². The van der Waals surface area contributed by atoms with Crippen molar-refractivity contribution >= 4 is 29.2 Å². The van der Waals surface area contributed by atoms with Gasteiger partial charge in [0.15, 0.2) is 6.42 Å². The Balaban J connectivity index is 2.32. The molecule has 0 radical (unpaired) electrons. The van der Waals surface area contributed by atoms with Crippen molar-refractivity contribution in [1.82, 2.24) is 0 Å². The molecule has 3 rings (SSSR count). The van der Waals surface area contributed by atoms with Gasteiger partial charge in [-0.25, -0.2) is 0 Å². The van der Waals surface area contributed by atoms with Crippen molar-refractivity contribution < 1.29 is 4.52 Å².